The summed E-state index contributed by atoms with van der Waals surface area (Å²) in [7, 11) is 0. The number of hydrogen-bond donors (Lipinski definition) is 2. The molecule has 0 spiro atoms. The average molecular weight is 318 g/mol. The van der Waals surface area contributed by atoms with Crippen molar-refractivity contribution in [3.8, 4) is 11.3 Å². The second kappa shape index (κ2) is 7.39. The number of benzene rings is 1. The van der Waals surface area contributed by atoms with Crippen molar-refractivity contribution in [2.75, 3.05) is 6.54 Å². The number of rotatable bonds is 8. The van der Waals surface area contributed by atoms with Gasteiger partial charge in [0.1, 0.15) is 11.5 Å². The van der Waals surface area contributed by atoms with Crippen LogP contribution in [0.3, 0.4) is 0 Å². The Morgan fingerprint density at radius 2 is 1.91 bits per heavy atom. The normalized spacial score (nSPS) is 11.6. The van der Waals surface area contributed by atoms with Crippen molar-refractivity contribution in [2.45, 2.75) is 38.8 Å². The summed E-state index contributed by atoms with van der Waals surface area (Å²) in [5, 5.41) is 24.5. The molecule has 0 bridgehead atoms. The molecule has 2 aromatic rings. The summed E-state index contributed by atoms with van der Waals surface area (Å²) in [6.07, 6.45) is 1.35. The van der Waals surface area contributed by atoms with Gasteiger partial charge in [0.05, 0.1) is 22.6 Å². The third kappa shape index (κ3) is 4.18. The van der Waals surface area contributed by atoms with Gasteiger partial charge >= 0.3 is 0 Å². The van der Waals surface area contributed by atoms with E-state index in [1.54, 1.807) is 30.3 Å². The number of nitrogens with one attached hydrogen (secondary N) is 1. The first-order valence-corrected chi connectivity index (χ1v) is 7.74. The Balaban J connectivity index is 2.06. The molecule has 2 rings (SSSR count). The quantitative estimate of drug-likeness (QED) is 0.574. The third-order valence-corrected chi connectivity index (χ3v) is 4.10. The highest BCUT2D eigenvalue weighted by molar-refractivity contribution is 5.69. The Hall–Kier alpha value is -2.18. The smallest absolute Gasteiger partial charge is 0.280 e. The highest BCUT2D eigenvalue weighted by atomic mass is 16.6. The van der Waals surface area contributed by atoms with Crippen LogP contribution in [0.15, 0.2) is 40.8 Å². The van der Waals surface area contributed by atoms with Crippen LogP contribution in [0, 0.1) is 10.1 Å². The lowest BCUT2D eigenvalue weighted by Gasteiger charge is -2.25. The van der Waals surface area contributed by atoms with E-state index in [1.807, 2.05) is 13.8 Å². The summed E-state index contributed by atoms with van der Waals surface area (Å²) in [5.41, 5.74) is -0.233. The van der Waals surface area contributed by atoms with E-state index in [1.165, 1.54) is 6.07 Å². The van der Waals surface area contributed by atoms with Crippen LogP contribution < -0.4 is 5.32 Å². The van der Waals surface area contributed by atoms with E-state index in [4.69, 9.17) is 4.42 Å². The monoisotopic (exact) mass is 318 g/mol. The largest absolute Gasteiger partial charge is 0.459 e. The van der Waals surface area contributed by atoms with E-state index in [9.17, 15) is 15.2 Å². The van der Waals surface area contributed by atoms with Crippen LogP contribution in [0.4, 0.5) is 5.69 Å². The summed E-state index contributed by atoms with van der Waals surface area (Å²) < 4.78 is 5.69. The number of nitro groups is 1. The van der Waals surface area contributed by atoms with Gasteiger partial charge in [-0.2, -0.15) is 0 Å². The molecule has 0 aliphatic heterocycles. The minimum absolute atomic E-state index is 0.0210. The fraction of sp³-hybridized carbons (Fsp3) is 0.412. The summed E-state index contributed by atoms with van der Waals surface area (Å²) in [4.78, 5) is 10.7. The molecule has 0 aliphatic carbocycles. The highest BCUT2D eigenvalue weighted by Gasteiger charge is 2.21. The molecule has 0 fully saturated rings. The van der Waals surface area contributed by atoms with Crippen molar-refractivity contribution in [2.24, 2.45) is 0 Å². The summed E-state index contributed by atoms with van der Waals surface area (Å²) in [5.74, 6) is 1.14. The van der Waals surface area contributed by atoms with Gasteiger partial charge in [-0.05, 0) is 31.0 Å². The molecule has 1 heterocycles. The van der Waals surface area contributed by atoms with Gasteiger partial charge in [0.25, 0.3) is 5.69 Å². The Kier molecular flexibility index (Phi) is 5.52. The van der Waals surface area contributed by atoms with Crippen LogP contribution >= 0.6 is 0 Å². The van der Waals surface area contributed by atoms with E-state index in [-0.39, 0.29) is 5.69 Å². The van der Waals surface area contributed by atoms with E-state index in [2.05, 4.69) is 5.32 Å². The maximum Gasteiger partial charge on any atom is 0.280 e. The highest BCUT2D eigenvalue weighted by Crippen LogP contribution is 2.30. The van der Waals surface area contributed by atoms with Crippen molar-refractivity contribution in [3.63, 3.8) is 0 Å². The maximum absolute atomic E-state index is 11.1. The first-order chi connectivity index (χ1) is 11.0. The van der Waals surface area contributed by atoms with Crippen molar-refractivity contribution >= 4 is 5.69 Å². The van der Waals surface area contributed by atoms with Gasteiger partial charge in [-0.3, -0.25) is 10.1 Å². The van der Waals surface area contributed by atoms with Gasteiger partial charge in [-0.15, -0.1) is 0 Å². The molecule has 0 unspecified atom stereocenters. The number of aliphatic hydroxyl groups is 1. The molecular weight excluding hydrogens is 296 g/mol. The number of nitrogens with zero attached hydrogens (tertiary/aromatic N) is 1. The summed E-state index contributed by atoms with van der Waals surface area (Å²) >= 11 is 0. The zero-order chi connectivity index (χ0) is 16.9. The minimum Gasteiger partial charge on any atom is -0.459 e. The Morgan fingerprint density at radius 1 is 1.22 bits per heavy atom. The number of para-hydroxylation sites is 1. The van der Waals surface area contributed by atoms with Crippen molar-refractivity contribution < 1.29 is 14.4 Å². The molecule has 23 heavy (non-hydrogen) atoms. The zero-order valence-electron chi connectivity index (χ0n) is 13.4. The Morgan fingerprint density at radius 3 is 2.57 bits per heavy atom. The number of hydrogen-bond acceptors (Lipinski definition) is 5. The first-order valence-electron chi connectivity index (χ1n) is 7.74. The van der Waals surface area contributed by atoms with E-state index in [0.29, 0.717) is 43.0 Å². The average Bonchev–Trinajstić information content (AvgIpc) is 3.03. The van der Waals surface area contributed by atoms with Crippen molar-refractivity contribution in [3.05, 3.63) is 52.3 Å². The van der Waals surface area contributed by atoms with Crippen LogP contribution in [0.5, 0.6) is 0 Å². The maximum atomic E-state index is 11.1. The molecule has 0 aliphatic rings. The van der Waals surface area contributed by atoms with E-state index < -0.39 is 10.5 Å². The van der Waals surface area contributed by atoms with Crippen molar-refractivity contribution in [1.82, 2.24) is 5.32 Å². The predicted octanol–water partition coefficient (Wildman–Crippen LogP) is 3.50. The predicted molar refractivity (Wildman–Crippen MR) is 88.0 cm³/mol. The molecule has 0 saturated heterocycles. The third-order valence-electron chi connectivity index (χ3n) is 4.10. The van der Waals surface area contributed by atoms with Crippen LogP contribution in [-0.4, -0.2) is 22.2 Å². The van der Waals surface area contributed by atoms with Crippen LogP contribution in [0.25, 0.3) is 11.3 Å². The SMILES string of the molecule is CCC(O)(CC)CNCc1ccc(-c2ccccc2[N+](=O)[O-])o1. The standard InChI is InChI=1S/C17H22N2O4/c1-3-17(20,4-2)12-18-11-13-9-10-16(23-13)14-7-5-6-8-15(14)19(21)22/h5-10,18,20H,3-4,11-12H2,1-2H3. The first kappa shape index (κ1) is 17.2. The molecule has 6 heteroatoms. The summed E-state index contributed by atoms with van der Waals surface area (Å²) in [6, 6.07) is 10.0. The lowest BCUT2D eigenvalue weighted by molar-refractivity contribution is -0.384. The van der Waals surface area contributed by atoms with E-state index in [0.717, 1.165) is 0 Å². The van der Waals surface area contributed by atoms with Gasteiger partial charge < -0.3 is 14.8 Å². The fourth-order valence-electron chi connectivity index (χ4n) is 2.38. The molecule has 1 aromatic heterocycles. The lowest BCUT2D eigenvalue weighted by atomic mass is 9.98. The Bertz CT molecular complexity index is 662. The van der Waals surface area contributed by atoms with Gasteiger partial charge in [-0.1, -0.05) is 26.0 Å². The second-order valence-electron chi connectivity index (χ2n) is 5.58. The van der Waals surface area contributed by atoms with Crippen LogP contribution in [0.1, 0.15) is 32.4 Å². The zero-order valence-corrected chi connectivity index (χ0v) is 13.4. The molecule has 6 nitrogen and oxygen atoms in total. The molecule has 2 N–H and O–H groups in total. The van der Waals surface area contributed by atoms with Crippen LogP contribution in [-0.2, 0) is 6.54 Å². The van der Waals surface area contributed by atoms with Gasteiger partial charge in [0, 0.05) is 12.6 Å². The second-order valence-corrected chi connectivity index (χ2v) is 5.58. The molecule has 0 atom stereocenters. The molecule has 0 amide bonds. The topological polar surface area (TPSA) is 88.5 Å². The number of furan rings is 1. The molecule has 0 saturated carbocycles. The fourth-order valence-corrected chi connectivity index (χ4v) is 2.38. The van der Waals surface area contributed by atoms with Gasteiger partial charge in [-0.25, -0.2) is 0 Å². The molecule has 124 valence electrons. The molecular formula is C17H22N2O4. The Labute approximate surface area is 135 Å². The van der Waals surface area contributed by atoms with Gasteiger partial charge in [0.15, 0.2) is 0 Å². The lowest BCUT2D eigenvalue weighted by Crippen LogP contribution is -2.39. The molecule has 1 aromatic carbocycles. The van der Waals surface area contributed by atoms with Crippen molar-refractivity contribution in [1.29, 1.82) is 0 Å². The summed E-state index contributed by atoms with van der Waals surface area (Å²) in [6.45, 7) is 4.83. The minimum atomic E-state index is -0.715. The number of nitro benzene ring substituents is 1. The van der Waals surface area contributed by atoms with Gasteiger partial charge in [0.2, 0.25) is 0 Å². The van der Waals surface area contributed by atoms with Crippen LogP contribution in [0.2, 0.25) is 0 Å². The van der Waals surface area contributed by atoms with E-state index >= 15 is 0 Å². The molecule has 0 radical (unpaired) electrons.